The molecule has 1 amide bonds. The lowest BCUT2D eigenvalue weighted by Gasteiger charge is -2.36. The van der Waals surface area contributed by atoms with Crippen LogP contribution in [-0.4, -0.2) is 120 Å². The number of aliphatic carboxylic acids is 1. The molecule has 6 rings (SSSR count). The minimum atomic E-state index is -6.17. The molecular weight excluding hydrogens is 1010 g/mol. The van der Waals surface area contributed by atoms with Gasteiger partial charge < -0.3 is 34.8 Å². The number of carboxylic acids is 1. The van der Waals surface area contributed by atoms with Crippen molar-refractivity contribution >= 4 is 72.4 Å². The van der Waals surface area contributed by atoms with Gasteiger partial charge >= 0.3 is 17.4 Å². The van der Waals surface area contributed by atoms with Crippen molar-refractivity contribution in [3.05, 3.63) is 137 Å². The van der Waals surface area contributed by atoms with Crippen LogP contribution in [0.2, 0.25) is 5.02 Å². The van der Waals surface area contributed by atoms with E-state index in [2.05, 4.69) is 10.2 Å². The number of carboxylic acid groups (broad SMARTS) is 1. The highest BCUT2D eigenvalue weighted by Crippen LogP contribution is 2.39. The number of rotatable bonds is 23. The number of carbonyl (C=O) groups is 3. The van der Waals surface area contributed by atoms with E-state index in [1.807, 2.05) is 53.3 Å². The van der Waals surface area contributed by atoms with Crippen molar-refractivity contribution in [1.29, 1.82) is 0 Å². The van der Waals surface area contributed by atoms with E-state index < -0.39 is 84.1 Å². The number of aliphatic hydroxyl groups excluding tert-OH is 1. The summed E-state index contributed by atoms with van der Waals surface area (Å²) in [6, 6.07) is 31.6. The van der Waals surface area contributed by atoms with Crippen molar-refractivity contribution in [3.8, 4) is 11.1 Å². The lowest BCUT2D eigenvalue weighted by Crippen LogP contribution is -2.36. The first kappa shape index (κ1) is 54.6. The molecule has 2 unspecified atom stereocenters. The van der Waals surface area contributed by atoms with Gasteiger partial charge in [0.25, 0.3) is 25.8 Å². The predicted molar refractivity (Wildman–Crippen MR) is 264 cm³/mol. The number of nitrogens with zero attached hydrogens (tertiary/aromatic N) is 2. The number of hydrogen-bond acceptors (Lipinski definition) is 14. The number of anilines is 2. The third kappa shape index (κ3) is 15.2. The average Bonchev–Trinajstić information content (AvgIpc) is 3.34. The predicted octanol–water partition coefficient (Wildman–Crippen LogP) is 7.91. The summed E-state index contributed by atoms with van der Waals surface area (Å²) in [6.07, 6.45) is 0.793. The molecule has 5 aromatic carbocycles. The lowest BCUT2D eigenvalue weighted by molar-refractivity contribution is -0.152. The van der Waals surface area contributed by atoms with Gasteiger partial charge in [-0.25, -0.2) is 31.1 Å². The highest BCUT2D eigenvalue weighted by atomic mass is 35.5. The number of alkyl halides is 3. The molecule has 1 saturated heterocycles. The summed E-state index contributed by atoms with van der Waals surface area (Å²) in [4.78, 5) is 38.2. The number of halogens is 4. The first-order valence-electron chi connectivity index (χ1n) is 22.2. The zero-order chi connectivity index (χ0) is 51.3. The van der Waals surface area contributed by atoms with Crippen LogP contribution < -0.4 is 14.9 Å². The molecule has 0 bridgehead atoms. The average molecular weight is 1060 g/mol. The number of hydrogen-bond donors (Lipinski definition) is 4. The molecule has 1 aliphatic rings. The highest BCUT2D eigenvalue weighted by Gasteiger charge is 2.48. The largest absolute Gasteiger partial charge is 0.501 e. The van der Waals surface area contributed by atoms with E-state index in [0.29, 0.717) is 37.0 Å². The fraction of sp³-hybridized carbons (Fsp3) is 0.327. The Morgan fingerprint density at radius 1 is 0.873 bits per heavy atom. The van der Waals surface area contributed by atoms with E-state index in [-0.39, 0.29) is 43.4 Å². The van der Waals surface area contributed by atoms with Gasteiger partial charge in [-0.1, -0.05) is 66.2 Å². The van der Waals surface area contributed by atoms with Crippen LogP contribution in [0.4, 0.5) is 24.5 Å². The molecule has 0 spiro atoms. The van der Waals surface area contributed by atoms with Crippen LogP contribution in [0.1, 0.15) is 41.3 Å². The fourth-order valence-electron chi connectivity index (χ4n) is 7.77. The number of thioether (sulfide) groups is 1. The van der Waals surface area contributed by atoms with E-state index >= 15 is 0 Å². The molecule has 15 nitrogen and oxygen atoms in total. The molecule has 0 aliphatic carbocycles. The third-order valence-corrected chi connectivity index (χ3v) is 15.9. The van der Waals surface area contributed by atoms with Crippen LogP contribution in [0, 0.1) is 5.92 Å². The van der Waals surface area contributed by atoms with Crippen LogP contribution in [0.5, 0.6) is 0 Å². The number of aliphatic hydroxyl groups is 1. The monoisotopic (exact) mass is 1060 g/mol. The second-order valence-electron chi connectivity index (χ2n) is 16.6. The van der Waals surface area contributed by atoms with Gasteiger partial charge in [0.15, 0.2) is 0 Å². The molecule has 1 fully saturated rings. The summed E-state index contributed by atoms with van der Waals surface area (Å²) in [5, 5.41) is 23.7. The molecule has 1 aliphatic heterocycles. The minimum Gasteiger partial charge on any atom is -0.480 e. The quantitative estimate of drug-likeness (QED) is 0.0362. The standard InChI is InChI=1S/C49H52ClF3N4O11S3/c1-56(27-28-68-46(60)31-67-30-45(58)59)24-23-37(32-69-39-7-3-2-4-8-39)54-43-20-19-40(29-44(43)70(63,64)49(51,52)53)71(65,66)55-48(62)35-13-17-38(18-14-35)57-25-21-34(22-26-57)47(61)42-10-6-5-9-41(42)33-11-15-36(50)16-12-33/h2-20,29,34,37,47,54,61H,21-28,30-32H2,1H3,(H,55,62)(H,58,59). The summed E-state index contributed by atoms with van der Waals surface area (Å²) >= 11 is 7.43. The summed E-state index contributed by atoms with van der Waals surface area (Å²) in [5.41, 5.74) is -3.06. The SMILES string of the molecule is CN(CCOC(=O)COCC(=O)O)CCC(CSc1ccccc1)Nc1ccc(S(=O)(=O)NC(=O)c2ccc(N3CCC(C(O)c4ccccc4-c4ccc(Cl)cc4)CC3)cc2)cc1S(=O)(=O)C(F)(F)F. The Balaban J connectivity index is 1.11. The van der Waals surface area contributed by atoms with Crippen LogP contribution in [0.25, 0.3) is 11.1 Å². The number of likely N-dealkylation sites (N-methyl/N-ethyl adjacent to an activating group) is 1. The number of piperidine rings is 1. The number of sulfone groups is 1. The lowest BCUT2D eigenvalue weighted by atomic mass is 9.84. The maximum atomic E-state index is 14.2. The smallest absolute Gasteiger partial charge is 0.480 e. The highest BCUT2D eigenvalue weighted by molar-refractivity contribution is 7.99. The maximum Gasteiger partial charge on any atom is 0.501 e. The van der Waals surface area contributed by atoms with Crippen LogP contribution in [0.3, 0.4) is 0 Å². The Bertz CT molecular complexity index is 2840. The van der Waals surface area contributed by atoms with Crippen LogP contribution >= 0.6 is 23.4 Å². The Kier molecular flexibility index (Phi) is 19.0. The van der Waals surface area contributed by atoms with E-state index in [9.17, 15) is 49.5 Å². The normalized spacial score (nSPS) is 14.4. The molecule has 0 radical (unpaired) electrons. The van der Waals surface area contributed by atoms with Crippen molar-refractivity contribution in [2.45, 2.75) is 51.6 Å². The Morgan fingerprint density at radius 2 is 1.54 bits per heavy atom. The number of ether oxygens (including phenoxy) is 2. The van der Waals surface area contributed by atoms with Gasteiger partial charge in [-0.05, 0) is 122 Å². The van der Waals surface area contributed by atoms with Crippen molar-refractivity contribution in [2.24, 2.45) is 5.92 Å². The Morgan fingerprint density at radius 3 is 2.20 bits per heavy atom. The summed E-state index contributed by atoms with van der Waals surface area (Å²) in [7, 11) is -9.43. The number of carbonyl (C=O) groups excluding carboxylic acids is 2. The van der Waals surface area contributed by atoms with Gasteiger partial charge in [0.05, 0.1) is 16.7 Å². The van der Waals surface area contributed by atoms with E-state index in [1.165, 1.54) is 23.9 Å². The van der Waals surface area contributed by atoms with E-state index in [1.54, 1.807) is 54.4 Å². The minimum absolute atomic E-state index is 0.0436. The van der Waals surface area contributed by atoms with Gasteiger partial charge in [-0.15, -0.1) is 11.8 Å². The Labute approximate surface area is 419 Å². The van der Waals surface area contributed by atoms with Gasteiger partial charge in [0, 0.05) is 52.6 Å². The molecule has 4 N–H and O–H groups in total. The third-order valence-electron chi connectivity index (χ3n) is 11.6. The number of amides is 1. The zero-order valence-corrected chi connectivity index (χ0v) is 41.5. The molecule has 2 atom stereocenters. The molecule has 1 heterocycles. The number of esters is 1. The molecule has 0 aromatic heterocycles. The van der Waals surface area contributed by atoms with Crippen molar-refractivity contribution < 1.29 is 64.1 Å². The number of nitrogens with one attached hydrogen (secondary N) is 2. The maximum absolute atomic E-state index is 14.2. The fourth-order valence-corrected chi connectivity index (χ4v) is 10.9. The van der Waals surface area contributed by atoms with Crippen molar-refractivity contribution in [1.82, 2.24) is 9.62 Å². The van der Waals surface area contributed by atoms with Gasteiger partial charge in [-0.2, -0.15) is 13.2 Å². The van der Waals surface area contributed by atoms with E-state index in [0.717, 1.165) is 39.4 Å². The topological polar surface area (TPSA) is 209 Å². The van der Waals surface area contributed by atoms with Gasteiger partial charge in [-0.3, -0.25) is 4.79 Å². The second kappa shape index (κ2) is 24.6. The van der Waals surface area contributed by atoms with Crippen LogP contribution in [-0.2, 0) is 38.9 Å². The van der Waals surface area contributed by atoms with Crippen molar-refractivity contribution in [2.75, 3.05) is 69.0 Å². The summed E-state index contributed by atoms with van der Waals surface area (Å²) < 4.78 is 108. The zero-order valence-electron chi connectivity index (χ0n) is 38.3. The first-order chi connectivity index (χ1) is 33.7. The van der Waals surface area contributed by atoms with Crippen LogP contribution in [0.15, 0.2) is 136 Å². The van der Waals surface area contributed by atoms with Gasteiger partial charge in [0.1, 0.15) is 24.7 Å². The molecular formula is C49H52ClF3N4O11S3. The number of benzene rings is 5. The Hall–Kier alpha value is -5.68. The molecule has 22 heteroatoms. The summed E-state index contributed by atoms with van der Waals surface area (Å²) in [6.45, 7) is 0.293. The van der Waals surface area contributed by atoms with Gasteiger partial charge in [0.2, 0.25) is 0 Å². The van der Waals surface area contributed by atoms with E-state index in [4.69, 9.17) is 26.2 Å². The summed E-state index contributed by atoms with van der Waals surface area (Å²) in [5.74, 6) is -2.97. The second-order valence-corrected chi connectivity index (χ2v) is 21.7. The number of sulfonamides is 1. The molecule has 71 heavy (non-hydrogen) atoms. The molecule has 5 aromatic rings. The molecule has 380 valence electrons. The molecule has 0 saturated carbocycles. The first-order valence-corrected chi connectivity index (χ1v) is 26.5. The van der Waals surface area contributed by atoms with Crippen molar-refractivity contribution in [3.63, 3.8) is 0 Å².